The van der Waals surface area contributed by atoms with Crippen LogP contribution in [0.1, 0.15) is 15.9 Å². The lowest BCUT2D eigenvalue weighted by Crippen LogP contribution is -2.01. The van der Waals surface area contributed by atoms with Gasteiger partial charge in [-0.05, 0) is 48.5 Å². The first kappa shape index (κ1) is 11.8. The molecule has 0 unspecified atom stereocenters. The number of rotatable bonds is 3. The van der Waals surface area contributed by atoms with Crippen LogP contribution in [0.4, 0.5) is 4.39 Å². The van der Waals surface area contributed by atoms with E-state index in [1.54, 1.807) is 24.3 Å². The van der Waals surface area contributed by atoms with Crippen molar-refractivity contribution in [2.75, 3.05) is 0 Å². The summed E-state index contributed by atoms with van der Waals surface area (Å²) in [5.41, 5.74) is 1.05. The summed E-state index contributed by atoms with van der Waals surface area (Å²) in [4.78, 5) is 12.0. The van der Waals surface area contributed by atoms with Gasteiger partial charge >= 0.3 is 16.6 Å². The lowest BCUT2D eigenvalue weighted by molar-refractivity contribution is 0.103. The SMILES string of the molecule is O=C(c1ccc(F)cc1)c1ccc([O][AlH2])cc1. The minimum atomic E-state index is -0.346. The molecule has 84 valence electrons. The van der Waals surface area contributed by atoms with Gasteiger partial charge in [-0.3, -0.25) is 4.79 Å². The van der Waals surface area contributed by atoms with Gasteiger partial charge in [-0.25, -0.2) is 4.39 Å². The van der Waals surface area contributed by atoms with Crippen LogP contribution in [0.2, 0.25) is 0 Å². The van der Waals surface area contributed by atoms with Crippen molar-refractivity contribution in [3.8, 4) is 5.75 Å². The molecular weight excluding hydrogens is 234 g/mol. The molecule has 0 heterocycles. The lowest BCUT2D eigenvalue weighted by Gasteiger charge is -2.04. The maximum atomic E-state index is 12.7. The summed E-state index contributed by atoms with van der Waals surface area (Å²) >= 11 is 0.619. The van der Waals surface area contributed by atoms with Gasteiger partial charge in [-0.15, -0.1) is 0 Å². The molecular formula is C13H10AlFO2. The molecule has 0 N–H and O–H groups in total. The van der Waals surface area contributed by atoms with Crippen molar-refractivity contribution in [3.05, 3.63) is 65.5 Å². The Morgan fingerprint density at radius 2 is 1.41 bits per heavy atom. The monoisotopic (exact) mass is 244 g/mol. The zero-order valence-corrected chi connectivity index (χ0v) is 11.3. The average molecular weight is 244 g/mol. The smallest absolute Gasteiger partial charge is 0.496 e. The van der Waals surface area contributed by atoms with Gasteiger partial charge in [0.1, 0.15) is 5.82 Å². The van der Waals surface area contributed by atoms with E-state index >= 15 is 0 Å². The summed E-state index contributed by atoms with van der Waals surface area (Å²) in [7, 11) is 0. The highest BCUT2D eigenvalue weighted by Crippen LogP contribution is 2.15. The summed E-state index contributed by atoms with van der Waals surface area (Å²) in [6, 6.07) is 12.4. The molecule has 0 fully saturated rings. The third-order valence-corrected chi connectivity index (χ3v) is 2.93. The number of hydrogen-bond acceptors (Lipinski definition) is 2. The minimum Gasteiger partial charge on any atom is -0.647 e. The van der Waals surface area contributed by atoms with Crippen molar-refractivity contribution in [1.82, 2.24) is 0 Å². The summed E-state index contributed by atoms with van der Waals surface area (Å²) in [6.45, 7) is 0. The maximum absolute atomic E-state index is 12.7. The van der Waals surface area contributed by atoms with Gasteiger partial charge in [0, 0.05) is 11.1 Å². The van der Waals surface area contributed by atoms with Crippen LogP contribution < -0.4 is 3.79 Å². The number of halogens is 1. The van der Waals surface area contributed by atoms with Gasteiger partial charge in [0.2, 0.25) is 0 Å². The van der Waals surface area contributed by atoms with E-state index in [4.69, 9.17) is 3.79 Å². The third-order valence-electron chi connectivity index (χ3n) is 2.46. The summed E-state index contributed by atoms with van der Waals surface area (Å²) < 4.78 is 17.9. The molecule has 17 heavy (non-hydrogen) atoms. The molecule has 2 nitrogen and oxygen atoms in total. The van der Waals surface area contributed by atoms with Crippen molar-refractivity contribution in [1.29, 1.82) is 0 Å². The van der Waals surface area contributed by atoms with E-state index in [1.807, 2.05) is 0 Å². The Morgan fingerprint density at radius 3 is 1.88 bits per heavy atom. The van der Waals surface area contributed by atoms with Crippen LogP contribution in [0.5, 0.6) is 5.75 Å². The number of carbonyl (C=O) groups is 1. The molecule has 4 heteroatoms. The van der Waals surface area contributed by atoms with Gasteiger partial charge in [0.15, 0.2) is 5.78 Å². The van der Waals surface area contributed by atoms with E-state index in [2.05, 4.69) is 0 Å². The Kier molecular flexibility index (Phi) is 3.58. The first-order chi connectivity index (χ1) is 8.20. The first-order valence-corrected chi connectivity index (χ1v) is 5.96. The van der Waals surface area contributed by atoms with Crippen molar-refractivity contribution >= 4 is 22.4 Å². The minimum absolute atomic E-state index is 0.120. The van der Waals surface area contributed by atoms with Crippen LogP contribution in [0.15, 0.2) is 48.5 Å². The second-order valence-corrected chi connectivity index (χ2v) is 3.97. The van der Waals surface area contributed by atoms with Gasteiger partial charge in [-0.2, -0.15) is 0 Å². The van der Waals surface area contributed by atoms with Crippen molar-refractivity contribution in [2.45, 2.75) is 0 Å². The van der Waals surface area contributed by atoms with Crippen LogP contribution in [-0.4, -0.2) is 22.4 Å². The van der Waals surface area contributed by atoms with Crippen LogP contribution in [-0.2, 0) is 0 Å². The van der Waals surface area contributed by atoms with Crippen LogP contribution in [0.3, 0.4) is 0 Å². The molecule has 0 saturated carbocycles. The fraction of sp³-hybridized carbons (Fsp3) is 0. The Balaban J connectivity index is 2.27. The van der Waals surface area contributed by atoms with Gasteiger partial charge < -0.3 is 3.79 Å². The summed E-state index contributed by atoms with van der Waals surface area (Å²) in [5.74, 6) is 0.290. The zero-order chi connectivity index (χ0) is 12.3. The summed E-state index contributed by atoms with van der Waals surface area (Å²) in [5, 5.41) is 0. The molecule has 0 aromatic heterocycles. The third kappa shape index (κ3) is 2.73. The molecule has 0 bridgehead atoms. The van der Waals surface area contributed by atoms with E-state index in [9.17, 15) is 9.18 Å². The van der Waals surface area contributed by atoms with Crippen molar-refractivity contribution in [3.63, 3.8) is 0 Å². The van der Waals surface area contributed by atoms with Crippen molar-refractivity contribution in [2.24, 2.45) is 0 Å². The molecule has 0 atom stereocenters. The molecule has 0 aliphatic rings. The second kappa shape index (κ2) is 5.13. The molecule has 0 aliphatic heterocycles. The molecule has 2 aromatic rings. The average Bonchev–Trinajstić information content (AvgIpc) is 2.39. The van der Waals surface area contributed by atoms with Gasteiger partial charge in [0.05, 0.1) is 5.75 Å². The molecule has 0 radical (unpaired) electrons. The Bertz CT molecular complexity index is 520. The van der Waals surface area contributed by atoms with E-state index in [0.29, 0.717) is 27.8 Å². The fourth-order valence-corrected chi connectivity index (χ4v) is 1.78. The highest BCUT2D eigenvalue weighted by atomic mass is 27.1. The van der Waals surface area contributed by atoms with Gasteiger partial charge in [0.25, 0.3) is 0 Å². The Labute approximate surface area is 107 Å². The quantitative estimate of drug-likeness (QED) is 0.609. The van der Waals surface area contributed by atoms with E-state index in [-0.39, 0.29) is 11.6 Å². The Hall–Kier alpha value is -1.63. The molecule has 2 aromatic carbocycles. The predicted molar refractivity (Wildman–Crippen MR) is 65.4 cm³/mol. The molecule has 0 aliphatic carbocycles. The maximum Gasteiger partial charge on any atom is 0.496 e. The molecule has 0 spiro atoms. The molecule has 0 amide bonds. The normalized spacial score (nSPS) is 9.94. The lowest BCUT2D eigenvalue weighted by atomic mass is 10.0. The van der Waals surface area contributed by atoms with Gasteiger partial charge in [-0.1, -0.05) is 0 Å². The van der Waals surface area contributed by atoms with Crippen molar-refractivity contribution < 1.29 is 13.0 Å². The predicted octanol–water partition coefficient (Wildman–Crippen LogP) is 1.98. The summed E-state index contributed by atoms with van der Waals surface area (Å²) in [6.07, 6.45) is 0. The standard InChI is InChI=1S/C13H9FO2.Al.2H/c14-11-5-1-9(2-6-11)13(16)10-3-7-12(15)8-4-10;;;/h1-8,15H;;;/q;+1;;/p-1. The van der Waals surface area contributed by atoms with E-state index in [1.165, 1.54) is 24.3 Å². The second-order valence-electron chi connectivity index (χ2n) is 3.56. The van der Waals surface area contributed by atoms with Crippen LogP contribution >= 0.6 is 0 Å². The topological polar surface area (TPSA) is 26.3 Å². The number of ketones is 1. The number of hydrogen-bond donors (Lipinski definition) is 0. The van der Waals surface area contributed by atoms with E-state index in [0.717, 1.165) is 5.75 Å². The molecule has 2 rings (SSSR count). The fourth-order valence-electron chi connectivity index (χ4n) is 1.51. The highest BCUT2D eigenvalue weighted by molar-refractivity contribution is 6.09. The van der Waals surface area contributed by atoms with E-state index < -0.39 is 0 Å². The molecule has 0 saturated heterocycles. The number of benzene rings is 2. The number of carbonyl (C=O) groups excluding carboxylic acids is 1. The van der Waals surface area contributed by atoms with Crippen LogP contribution in [0, 0.1) is 5.82 Å². The Morgan fingerprint density at radius 1 is 0.941 bits per heavy atom. The first-order valence-electron chi connectivity index (χ1n) is 5.15. The largest absolute Gasteiger partial charge is 0.647 e. The zero-order valence-electron chi connectivity index (χ0n) is 9.31. The van der Waals surface area contributed by atoms with Crippen LogP contribution in [0.25, 0.3) is 0 Å². The highest BCUT2D eigenvalue weighted by Gasteiger charge is 2.08.